The molecule has 1 atom stereocenters. The van der Waals surface area contributed by atoms with E-state index >= 15 is 0 Å². The molecule has 0 aliphatic carbocycles. The number of benzene rings is 2. The Hall–Kier alpha value is -2.17. The van der Waals surface area contributed by atoms with E-state index in [0.717, 1.165) is 43.6 Å². The first-order valence-corrected chi connectivity index (χ1v) is 9.66. The van der Waals surface area contributed by atoms with Gasteiger partial charge in [-0.15, -0.1) is 11.3 Å². The van der Waals surface area contributed by atoms with E-state index < -0.39 is 0 Å². The molecule has 3 aromatic rings. The average molecular weight is 350 g/mol. The molecule has 4 heteroatoms. The van der Waals surface area contributed by atoms with Crippen LogP contribution in [0.5, 0.6) is 0 Å². The highest BCUT2D eigenvalue weighted by atomic mass is 32.1. The molecule has 1 unspecified atom stereocenters. The Morgan fingerprint density at radius 1 is 1.16 bits per heavy atom. The van der Waals surface area contributed by atoms with E-state index in [0.29, 0.717) is 6.04 Å². The van der Waals surface area contributed by atoms with Crippen LogP contribution in [0, 0.1) is 0 Å². The molecule has 3 nitrogen and oxygen atoms in total. The maximum absolute atomic E-state index is 11.2. The van der Waals surface area contributed by atoms with Gasteiger partial charge in [-0.25, -0.2) is 0 Å². The zero-order chi connectivity index (χ0) is 17.1. The van der Waals surface area contributed by atoms with Crippen molar-refractivity contribution in [2.75, 3.05) is 24.5 Å². The summed E-state index contributed by atoms with van der Waals surface area (Å²) in [4.78, 5) is 14.5. The first-order chi connectivity index (χ1) is 12.3. The van der Waals surface area contributed by atoms with Crippen LogP contribution in [0.1, 0.15) is 21.7 Å². The molecule has 2 aromatic carbocycles. The van der Waals surface area contributed by atoms with Crippen LogP contribution in [0.2, 0.25) is 0 Å². The van der Waals surface area contributed by atoms with Crippen molar-refractivity contribution in [1.29, 1.82) is 0 Å². The average Bonchev–Trinajstić information content (AvgIpc) is 3.11. The van der Waals surface area contributed by atoms with Crippen LogP contribution in [0.3, 0.4) is 0 Å². The molecule has 1 aliphatic heterocycles. The van der Waals surface area contributed by atoms with Gasteiger partial charge in [0.1, 0.15) is 0 Å². The van der Waals surface area contributed by atoms with E-state index in [9.17, 15) is 4.79 Å². The van der Waals surface area contributed by atoms with Gasteiger partial charge in [0.05, 0.1) is 4.88 Å². The monoisotopic (exact) mass is 350 g/mol. The first-order valence-electron chi connectivity index (χ1n) is 8.84. The van der Waals surface area contributed by atoms with Crippen LogP contribution >= 0.6 is 11.3 Å². The number of carbonyl (C=O) groups excluding carboxylic acids is 1. The Bertz CT molecular complexity index is 859. The largest absolute Gasteiger partial charge is 0.365 e. The van der Waals surface area contributed by atoms with Gasteiger partial charge >= 0.3 is 0 Å². The third-order valence-corrected chi connectivity index (χ3v) is 5.97. The standard InChI is InChI=1S/C21H22N2OS/c24-15-18-13-19-20(7-4-8-21(19)25-18)23-12-11-22-14-17(23)10-9-16-5-2-1-3-6-16/h1-8,13,15,17,22H,9-12,14H2. The zero-order valence-corrected chi connectivity index (χ0v) is 15.0. The number of anilines is 1. The molecule has 25 heavy (non-hydrogen) atoms. The third kappa shape index (κ3) is 3.46. The molecular weight excluding hydrogens is 328 g/mol. The van der Waals surface area contributed by atoms with Crippen molar-refractivity contribution in [3.05, 3.63) is 65.0 Å². The quantitative estimate of drug-likeness (QED) is 0.703. The minimum atomic E-state index is 0.471. The van der Waals surface area contributed by atoms with Crippen molar-refractivity contribution in [3.63, 3.8) is 0 Å². The maximum atomic E-state index is 11.2. The van der Waals surface area contributed by atoms with Gasteiger partial charge in [0, 0.05) is 41.4 Å². The normalized spacial score (nSPS) is 17.8. The second kappa shape index (κ2) is 7.38. The predicted octanol–water partition coefficient (Wildman–Crippen LogP) is 4.12. The topological polar surface area (TPSA) is 32.3 Å². The van der Waals surface area contributed by atoms with Crippen LogP contribution < -0.4 is 10.2 Å². The predicted molar refractivity (Wildman–Crippen MR) is 106 cm³/mol. The van der Waals surface area contributed by atoms with E-state index in [1.165, 1.54) is 21.3 Å². The lowest BCUT2D eigenvalue weighted by Crippen LogP contribution is -2.51. The molecule has 1 aromatic heterocycles. The zero-order valence-electron chi connectivity index (χ0n) is 14.2. The summed E-state index contributed by atoms with van der Waals surface area (Å²) in [6.07, 6.45) is 3.17. The van der Waals surface area contributed by atoms with Gasteiger partial charge in [-0.05, 0) is 36.6 Å². The molecule has 0 radical (unpaired) electrons. The number of carbonyl (C=O) groups is 1. The Labute approximate surface area is 152 Å². The number of thiophene rings is 1. The van der Waals surface area contributed by atoms with E-state index in [1.807, 2.05) is 6.07 Å². The first kappa shape index (κ1) is 16.3. The van der Waals surface area contributed by atoms with Gasteiger partial charge in [-0.3, -0.25) is 4.79 Å². The number of hydrogen-bond donors (Lipinski definition) is 1. The fourth-order valence-corrected chi connectivity index (χ4v) is 4.59. The molecule has 0 saturated carbocycles. The van der Waals surface area contributed by atoms with Crippen LogP contribution in [0.15, 0.2) is 54.6 Å². The number of piperazine rings is 1. The number of aldehydes is 1. The Kier molecular flexibility index (Phi) is 4.81. The second-order valence-electron chi connectivity index (χ2n) is 6.53. The molecule has 2 heterocycles. The molecule has 0 amide bonds. The molecule has 1 N–H and O–H groups in total. The molecular formula is C21H22N2OS. The summed E-state index contributed by atoms with van der Waals surface area (Å²) in [7, 11) is 0. The summed E-state index contributed by atoms with van der Waals surface area (Å²) in [6.45, 7) is 3.02. The van der Waals surface area contributed by atoms with Gasteiger partial charge < -0.3 is 10.2 Å². The lowest BCUT2D eigenvalue weighted by Gasteiger charge is -2.38. The van der Waals surface area contributed by atoms with Crippen LogP contribution in [-0.2, 0) is 6.42 Å². The van der Waals surface area contributed by atoms with Crippen molar-refractivity contribution in [1.82, 2.24) is 5.32 Å². The van der Waals surface area contributed by atoms with E-state index in [-0.39, 0.29) is 0 Å². The highest BCUT2D eigenvalue weighted by molar-refractivity contribution is 7.20. The Morgan fingerprint density at radius 2 is 2.04 bits per heavy atom. The molecule has 4 rings (SSSR count). The summed E-state index contributed by atoms with van der Waals surface area (Å²) in [6, 6.07) is 19.6. The van der Waals surface area contributed by atoms with E-state index in [2.05, 4.69) is 58.7 Å². The fourth-order valence-electron chi connectivity index (χ4n) is 3.69. The van der Waals surface area contributed by atoms with Crippen molar-refractivity contribution in [2.24, 2.45) is 0 Å². The van der Waals surface area contributed by atoms with Gasteiger partial charge in [-0.1, -0.05) is 36.4 Å². The van der Waals surface area contributed by atoms with Gasteiger partial charge in [0.2, 0.25) is 0 Å². The minimum Gasteiger partial charge on any atom is -0.365 e. The summed E-state index contributed by atoms with van der Waals surface area (Å²) < 4.78 is 1.19. The van der Waals surface area contributed by atoms with Crippen molar-refractivity contribution < 1.29 is 4.79 Å². The minimum absolute atomic E-state index is 0.471. The van der Waals surface area contributed by atoms with Crippen LogP contribution in [0.4, 0.5) is 5.69 Å². The number of nitrogens with one attached hydrogen (secondary N) is 1. The van der Waals surface area contributed by atoms with Gasteiger partial charge in [-0.2, -0.15) is 0 Å². The molecule has 0 bridgehead atoms. The fraction of sp³-hybridized carbons (Fsp3) is 0.286. The lowest BCUT2D eigenvalue weighted by atomic mass is 10.0. The lowest BCUT2D eigenvalue weighted by molar-refractivity contribution is 0.112. The van der Waals surface area contributed by atoms with Crippen molar-refractivity contribution in [2.45, 2.75) is 18.9 Å². The van der Waals surface area contributed by atoms with Crippen LogP contribution in [-0.4, -0.2) is 32.0 Å². The second-order valence-corrected chi connectivity index (χ2v) is 7.65. The summed E-state index contributed by atoms with van der Waals surface area (Å²) in [5.41, 5.74) is 2.66. The number of hydrogen-bond acceptors (Lipinski definition) is 4. The summed E-state index contributed by atoms with van der Waals surface area (Å²) in [5, 5.41) is 4.75. The molecule has 1 aliphatic rings. The summed E-state index contributed by atoms with van der Waals surface area (Å²) >= 11 is 1.58. The van der Waals surface area contributed by atoms with Crippen molar-refractivity contribution >= 4 is 33.4 Å². The van der Waals surface area contributed by atoms with Crippen LogP contribution in [0.25, 0.3) is 10.1 Å². The molecule has 0 spiro atoms. The Balaban J connectivity index is 1.60. The molecule has 1 fully saturated rings. The van der Waals surface area contributed by atoms with Gasteiger partial charge in [0.15, 0.2) is 6.29 Å². The van der Waals surface area contributed by atoms with Crippen molar-refractivity contribution in [3.8, 4) is 0 Å². The smallest absolute Gasteiger partial charge is 0.160 e. The number of aryl methyl sites for hydroxylation is 1. The number of fused-ring (bicyclic) bond motifs is 1. The molecule has 1 saturated heterocycles. The van der Waals surface area contributed by atoms with E-state index in [1.54, 1.807) is 11.3 Å². The van der Waals surface area contributed by atoms with Gasteiger partial charge in [0.25, 0.3) is 0 Å². The SMILES string of the molecule is O=Cc1cc2c(N3CCNCC3CCc3ccccc3)cccc2s1. The Morgan fingerprint density at radius 3 is 2.88 bits per heavy atom. The molecule has 128 valence electrons. The number of nitrogens with zero attached hydrogens (tertiary/aromatic N) is 1. The highest BCUT2D eigenvalue weighted by Gasteiger charge is 2.24. The third-order valence-electron chi connectivity index (χ3n) is 4.94. The number of rotatable bonds is 5. The summed E-state index contributed by atoms with van der Waals surface area (Å²) in [5.74, 6) is 0. The van der Waals surface area contributed by atoms with E-state index in [4.69, 9.17) is 0 Å². The highest BCUT2D eigenvalue weighted by Crippen LogP contribution is 2.34. The maximum Gasteiger partial charge on any atom is 0.160 e.